The van der Waals surface area contributed by atoms with Crippen molar-refractivity contribution in [1.29, 1.82) is 0 Å². The van der Waals surface area contributed by atoms with Gasteiger partial charge in [-0.05, 0) is 37.3 Å². The highest BCUT2D eigenvalue weighted by Gasteiger charge is 2.16. The number of carboxylic acids is 1. The second kappa shape index (κ2) is 5.90. The van der Waals surface area contributed by atoms with E-state index in [0.29, 0.717) is 15.8 Å². The molecule has 1 unspecified atom stereocenters. The minimum atomic E-state index is -1.08. The molecule has 0 aliphatic heterocycles. The number of thioether (sulfide) groups is 1. The Morgan fingerprint density at radius 3 is 2.68 bits per heavy atom. The lowest BCUT2D eigenvalue weighted by Crippen LogP contribution is -1.92. The van der Waals surface area contributed by atoms with E-state index >= 15 is 0 Å². The Morgan fingerprint density at radius 2 is 2.05 bits per heavy atom. The summed E-state index contributed by atoms with van der Waals surface area (Å²) in [5.74, 6) is -0.567. The van der Waals surface area contributed by atoms with Crippen molar-refractivity contribution < 1.29 is 14.3 Å². The first-order valence-corrected chi connectivity index (χ1v) is 7.05. The van der Waals surface area contributed by atoms with Crippen LogP contribution in [0.15, 0.2) is 39.6 Å². The first-order chi connectivity index (χ1) is 8.97. The third-order valence-corrected chi connectivity index (χ3v) is 4.29. The van der Waals surface area contributed by atoms with Gasteiger partial charge in [0, 0.05) is 9.92 Å². The van der Waals surface area contributed by atoms with Crippen molar-refractivity contribution in [3.05, 3.63) is 51.9 Å². The van der Waals surface area contributed by atoms with Crippen LogP contribution in [-0.2, 0) is 0 Å². The summed E-state index contributed by atoms with van der Waals surface area (Å²) in [5.41, 5.74) is 0. The minimum Gasteiger partial charge on any atom is -0.475 e. The summed E-state index contributed by atoms with van der Waals surface area (Å²) in [5, 5.41) is 9.95. The first-order valence-electron chi connectivity index (χ1n) is 5.42. The lowest BCUT2D eigenvalue weighted by atomic mass is 10.3. The van der Waals surface area contributed by atoms with Gasteiger partial charge < -0.3 is 9.52 Å². The molecule has 1 aromatic carbocycles. The van der Waals surface area contributed by atoms with Gasteiger partial charge in [0.1, 0.15) is 5.76 Å². The number of carbonyl (C=O) groups is 1. The molecule has 0 aliphatic carbocycles. The molecule has 0 fully saturated rings. The maximum Gasteiger partial charge on any atom is 0.371 e. The molecular formula is C13H10Cl2O3S. The zero-order valence-electron chi connectivity index (χ0n) is 9.89. The van der Waals surface area contributed by atoms with Gasteiger partial charge in [-0.3, -0.25) is 0 Å². The summed E-state index contributed by atoms with van der Waals surface area (Å²) in [6.45, 7) is 1.91. The first kappa shape index (κ1) is 14.3. The maximum atomic E-state index is 10.8. The van der Waals surface area contributed by atoms with Gasteiger partial charge in [0.15, 0.2) is 0 Å². The van der Waals surface area contributed by atoms with Gasteiger partial charge in [0.25, 0.3) is 0 Å². The van der Waals surface area contributed by atoms with Crippen molar-refractivity contribution in [2.75, 3.05) is 0 Å². The fourth-order valence-corrected chi connectivity index (χ4v) is 2.99. The Morgan fingerprint density at radius 1 is 1.32 bits per heavy atom. The Hall–Kier alpha value is -1.10. The normalized spacial score (nSPS) is 12.4. The second-order valence-electron chi connectivity index (χ2n) is 3.84. The van der Waals surface area contributed by atoms with Crippen LogP contribution < -0.4 is 0 Å². The van der Waals surface area contributed by atoms with Crippen molar-refractivity contribution in [2.45, 2.75) is 17.1 Å². The van der Waals surface area contributed by atoms with E-state index in [4.69, 9.17) is 32.7 Å². The molecule has 19 heavy (non-hydrogen) atoms. The van der Waals surface area contributed by atoms with E-state index in [0.717, 1.165) is 4.90 Å². The van der Waals surface area contributed by atoms with E-state index in [1.54, 1.807) is 24.3 Å². The van der Waals surface area contributed by atoms with E-state index in [-0.39, 0.29) is 11.0 Å². The molecule has 0 aliphatic rings. The number of benzene rings is 1. The molecule has 3 nitrogen and oxygen atoms in total. The van der Waals surface area contributed by atoms with Crippen LogP contribution in [0.25, 0.3) is 0 Å². The molecule has 1 heterocycles. The van der Waals surface area contributed by atoms with E-state index < -0.39 is 5.97 Å². The predicted octanol–water partition coefficient (Wildman–Crippen LogP) is 5.14. The molecule has 2 rings (SSSR count). The quantitative estimate of drug-likeness (QED) is 0.793. The molecule has 0 bridgehead atoms. The monoisotopic (exact) mass is 316 g/mol. The standard InChI is InChI=1S/C13H10Cl2O3S/c1-7(10-4-5-11(18-10)13(16)17)19-12-6-8(14)2-3-9(12)15/h2-7H,1H3,(H,16,17). The highest BCUT2D eigenvalue weighted by Crippen LogP contribution is 2.40. The van der Waals surface area contributed by atoms with E-state index in [1.807, 2.05) is 6.92 Å². The van der Waals surface area contributed by atoms with Crippen molar-refractivity contribution in [3.63, 3.8) is 0 Å². The average Bonchev–Trinajstić information content (AvgIpc) is 2.83. The Bertz CT molecular complexity index is 610. The molecule has 0 radical (unpaired) electrons. The number of hydrogen-bond donors (Lipinski definition) is 1. The molecule has 6 heteroatoms. The zero-order valence-corrected chi connectivity index (χ0v) is 12.2. The largest absolute Gasteiger partial charge is 0.475 e. The second-order valence-corrected chi connectivity index (χ2v) is 6.07. The van der Waals surface area contributed by atoms with Crippen molar-refractivity contribution >= 4 is 40.9 Å². The van der Waals surface area contributed by atoms with E-state index in [9.17, 15) is 4.79 Å². The van der Waals surface area contributed by atoms with Crippen LogP contribution in [0.5, 0.6) is 0 Å². The summed E-state index contributed by atoms with van der Waals surface area (Å²) in [6.07, 6.45) is 0. The third-order valence-electron chi connectivity index (χ3n) is 2.44. The van der Waals surface area contributed by atoms with Crippen molar-refractivity contribution in [3.8, 4) is 0 Å². The molecule has 1 aromatic heterocycles. The van der Waals surface area contributed by atoms with Gasteiger partial charge in [-0.15, -0.1) is 11.8 Å². The lowest BCUT2D eigenvalue weighted by Gasteiger charge is -2.10. The fourth-order valence-electron chi connectivity index (χ4n) is 1.50. The van der Waals surface area contributed by atoms with Gasteiger partial charge in [-0.25, -0.2) is 4.79 Å². The number of furan rings is 1. The average molecular weight is 317 g/mol. The van der Waals surface area contributed by atoms with Crippen molar-refractivity contribution in [1.82, 2.24) is 0 Å². The molecular weight excluding hydrogens is 307 g/mol. The van der Waals surface area contributed by atoms with Gasteiger partial charge in [0.2, 0.25) is 5.76 Å². The Balaban J connectivity index is 2.17. The summed E-state index contributed by atoms with van der Waals surface area (Å²) in [7, 11) is 0. The Kier molecular flexibility index (Phi) is 4.45. The summed E-state index contributed by atoms with van der Waals surface area (Å²) in [6, 6.07) is 8.30. The topological polar surface area (TPSA) is 50.4 Å². The number of halogens is 2. The highest BCUT2D eigenvalue weighted by atomic mass is 35.5. The number of rotatable bonds is 4. The molecule has 0 spiro atoms. The van der Waals surface area contributed by atoms with Gasteiger partial charge in [0.05, 0.1) is 10.3 Å². The molecule has 0 saturated carbocycles. The van der Waals surface area contributed by atoms with Crippen LogP contribution >= 0.6 is 35.0 Å². The SMILES string of the molecule is CC(Sc1cc(Cl)ccc1Cl)c1ccc(C(=O)O)o1. The third kappa shape index (κ3) is 3.47. The smallest absolute Gasteiger partial charge is 0.371 e. The highest BCUT2D eigenvalue weighted by molar-refractivity contribution is 7.99. The lowest BCUT2D eigenvalue weighted by molar-refractivity contribution is 0.0660. The molecule has 0 saturated heterocycles. The summed E-state index contributed by atoms with van der Waals surface area (Å²) < 4.78 is 5.25. The zero-order chi connectivity index (χ0) is 14.0. The maximum absolute atomic E-state index is 10.8. The summed E-state index contributed by atoms with van der Waals surface area (Å²) >= 11 is 13.5. The molecule has 1 N–H and O–H groups in total. The van der Waals surface area contributed by atoms with Crippen LogP contribution in [0, 0.1) is 0 Å². The van der Waals surface area contributed by atoms with E-state index in [2.05, 4.69) is 0 Å². The van der Waals surface area contributed by atoms with Crippen LogP contribution in [0.1, 0.15) is 28.5 Å². The van der Waals surface area contributed by atoms with Crippen LogP contribution in [0.4, 0.5) is 0 Å². The molecule has 100 valence electrons. The number of aromatic carboxylic acids is 1. The molecule has 1 atom stereocenters. The minimum absolute atomic E-state index is 0.0657. The van der Waals surface area contributed by atoms with Crippen LogP contribution in [0.2, 0.25) is 10.0 Å². The van der Waals surface area contributed by atoms with Gasteiger partial charge in [-0.2, -0.15) is 0 Å². The predicted molar refractivity (Wildman–Crippen MR) is 76.4 cm³/mol. The number of hydrogen-bond acceptors (Lipinski definition) is 3. The van der Waals surface area contributed by atoms with E-state index in [1.165, 1.54) is 17.8 Å². The Labute approximate surface area is 124 Å². The summed E-state index contributed by atoms with van der Waals surface area (Å²) in [4.78, 5) is 11.6. The number of carboxylic acid groups (broad SMARTS) is 1. The van der Waals surface area contributed by atoms with Crippen molar-refractivity contribution in [2.24, 2.45) is 0 Å². The fraction of sp³-hybridized carbons (Fsp3) is 0.154. The van der Waals surface area contributed by atoms with Gasteiger partial charge >= 0.3 is 5.97 Å². The molecule has 0 amide bonds. The van der Waals surface area contributed by atoms with Gasteiger partial charge in [-0.1, -0.05) is 23.2 Å². The molecule has 2 aromatic rings. The van der Waals surface area contributed by atoms with Crippen LogP contribution in [0.3, 0.4) is 0 Å². The van der Waals surface area contributed by atoms with Crippen LogP contribution in [-0.4, -0.2) is 11.1 Å².